The van der Waals surface area contributed by atoms with Gasteiger partial charge in [-0.2, -0.15) is 23.5 Å². The molecular formula is C12H14BrF2NS2. The number of nitrogens with one attached hydrogen (secondary N) is 1. The maximum absolute atomic E-state index is 13.7. The van der Waals surface area contributed by atoms with Crippen molar-refractivity contribution in [1.29, 1.82) is 0 Å². The first kappa shape index (κ1) is 14.6. The van der Waals surface area contributed by atoms with Crippen LogP contribution >= 0.6 is 39.5 Å². The lowest BCUT2D eigenvalue weighted by atomic mass is 10.2. The number of benzene rings is 1. The summed E-state index contributed by atoms with van der Waals surface area (Å²) in [7, 11) is 0. The van der Waals surface area contributed by atoms with Crippen LogP contribution in [0.3, 0.4) is 0 Å². The van der Waals surface area contributed by atoms with Crippen molar-refractivity contribution < 1.29 is 8.78 Å². The van der Waals surface area contributed by atoms with E-state index in [1.165, 1.54) is 17.9 Å². The average Bonchev–Trinajstić information content (AvgIpc) is 2.39. The Labute approximate surface area is 123 Å². The van der Waals surface area contributed by atoms with E-state index in [1.807, 2.05) is 23.5 Å². The minimum Gasteiger partial charge on any atom is -0.311 e. The molecular weight excluding hydrogens is 340 g/mol. The van der Waals surface area contributed by atoms with Crippen molar-refractivity contribution in [3.05, 3.63) is 33.8 Å². The SMILES string of the molecule is Fc1ccc(Br)c(F)c1CNCC1CSCCS1. The van der Waals surface area contributed by atoms with E-state index in [1.54, 1.807) is 0 Å². The standard InChI is InChI=1S/C12H14BrF2NS2/c13-10-1-2-11(14)9(12(10)15)6-16-5-8-7-17-3-4-18-8/h1-2,8,16H,3-7H2. The summed E-state index contributed by atoms with van der Waals surface area (Å²) in [5.41, 5.74) is 0.109. The van der Waals surface area contributed by atoms with Crippen LogP contribution in [0.4, 0.5) is 8.78 Å². The van der Waals surface area contributed by atoms with Gasteiger partial charge in [-0.3, -0.25) is 0 Å². The third-order valence-electron chi connectivity index (χ3n) is 2.70. The fraction of sp³-hybridized carbons (Fsp3) is 0.500. The molecule has 1 nitrogen and oxygen atoms in total. The number of hydrogen-bond donors (Lipinski definition) is 1. The Bertz CT molecular complexity index is 411. The zero-order valence-corrected chi connectivity index (χ0v) is 12.9. The molecule has 1 aliphatic rings. The van der Waals surface area contributed by atoms with Crippen molar-refractivity contribution in [3.63, 3.8) is 0 Å². The highest BCUT2D eigenvalue weighted by molar-refractivity contribution is 9.10. The van der Waals surface area contributed by atoms with Gasteiger partial charge in [0.25, 0.3) is 0 Å². The second-order valence-electron chi connectivity index (χ2n) is 4.02. The highest BCUT2D eigenvalue weighted by Crippen LogP contribution is 2.24. The van der Waals surface area contributed by atoms with Gasteiger partial charge in [0.1, 0.15) is 11.6 Å². The van der Waals surface area contributed by atoms with E-state index in [4.69, 9.17) is 0 Å². The number of hydrogen-bond acceptors (Lipinski definition) is 3. The zero-order valence-electron chi connectivity index (χ0n) is 9.72. The molecule has 1 fully saturated rings. The molecule has 1 aliphatic heterocycles. The third-order valence-corrected chi connectivity index (χ3v) is 6.15. The Morgan fingerprint density at radius 1 is 1.33 bits per heavy atom. The van der Waals surface area contributed by atoms with Crippen LogP contribution < -0.4 is 5.32 Å². The molecule has 100 valence electrons. The average molecular weight is 354 g/mol. The maximum atomic E-state index is 13.7. The smallest absolute Gasteiger partial charge is 0.144 e. The molecule has 1 aromatic rings. The van der Waals surface area contributed by atoms with Gasteiger partial charge in [-0.05, 0) is 28.1 Å². The summed E-state index contributed by atoms with van der Waals surface area (Å²) in [5, 5.41) is 3.69. The third kappa shape index (κ3) is 3.85. The van der Waals surface area contributed by atoms with Crippen LogP contribution in [0.15, 0.2) is 16.6 Å². The lowest BCUT2D eigenvalue weighted by molar-refractivity contribution is 0.532. The van der Waals surface area contributed by atoms with Crippen LogP contribution in [0.25, 0.3) is 0 Å². The summed E-state index contributed by atoms with van der Waals surface area (Å²) >= 11 is 6.94. The summed E-state index contributed by atoms with van der Waals surface area (Å²) in [5.74, 6) is 2.48. The number of rotatable bonds is 4. The lowest BCUT2D eigenvalue weighted by Gasteiger charge is -2.21. The van der Waals surface area contributed by atoms with Gasteiger partial charge in [0, 0.05) is 41.2 Å². The monoisotopic (exact) mass is 353 g/mol. The molecule has 1 N–H and O–H groups in total. The van der Waals surface area contributed by atoms with Crippen molar-refractivity contribution in [1.82, 2.24) is 5.32 Å². The van der Waals surface area contributed by atoms with Gasteiger partial charge in [-0.1, -0.05) is 0 Å². The molecule has 1 heterocycles. The molecule has 1 aromatic carbocycles. The van der Waals surface area contributed by atoms with Crippen LogP contribution in [0.2, 0.25) is 0 Å². The summed E-state index contributed by atoms with van der Waals surface area (Å²) in [6.07, 6.45) is 0. The summed E-state index contributed by atoms with van der Waals surface area (Å²) < 4.78 is 27.5. The molecule has 0 spiro atoms. The highest BCUT2D eigenvalue weighted by Gasteiger charge is 2.15. The van der Waals surface area contributed by atoms with Gasteiger partial charge in [0.15, 0.2) is 0 Å². The second-order valence-corrected chi connectivity index (χ2v) is 7.43. The molecule has 0 radical (unpaired) electrons. The highest BCUT2D eigenvalue weighted by atomic mass is 79.9. The Hall–Kier alpha value is 0.220. The van der Waals surface area contributed by atoms with E-state index in [0.717, 1.165) is 18.1 Å². The van der Waals surface area contributed by atoms with Gasteiger partial charge < -0.3 is 5.32 Å². The van der Waals surface area contributed by atoms with E-state index < -0.39 is 11.6 Å². The van der Waals surface area contributed by atoms with Crippen LogP contribution in [0, 0.1) is 11.6 Å². The first-order valence-corrected chi connectivity index (χ1v) is 8.70. The predicted octanol–water partition coefficient (Wildman–Crippen LogP) is 3.67. The Kier molecular flexibility index (Phi) is 5.79. The van der Waals surface area contributed by atoms with Crippen LogP contribution in [0.1, 0.15) is 5.56 Å². The van der Waals surface area contributed by atoms with Crippen molar-refractivity contribution >= 4 is 39.5 Å². The van der Waals surface area contributed by atoms with Gasteiger partial charge in [0.2, 0.25) is 0 Å². The second kappa shape index (κ2) is 7.12. The molecule has 1 atom stereocenters. The van der Waals surface area contributed by atoms with Crippen molar-refractivity contribution in [2.75, 3.05) is 23.8 Å². The molecule has 1 unspecified atom stereocenters. The molecule has 18 heavy (non-hydrogen) atoms. The van der Waals surface area contributed by atoms with Crippen LogP contribution in [-0.4, -0.2) is 29.1 Å². The van der Waals surface area contributed by atoms with E-state index in [2.05, 4.69) is 21.2 Å². The first-order chi connectivity index (χ1) is 8.68. The Morgan fingerprint density at radius 2 is 2.17 bits per heavy atom. The lowest BCUT2D eigenvalue weighted by Crippen LogP contribution is -2.29. The topological polar surface area (TPSA) is 12.0 Å². The van der Waals surface area contributed by atoms with E-state index >= 15 is 0 Å². The van der Waals surface area contributed by atoms with Gasteiger partial charge in [0.05, 0.1) is 4.47 Å². The summed E-state index contributed by atoms with van der Waals surface area (Å²) in [6.45, 7) is 1.03. The number of halogens is 3. The molecule has 0 amide bonds. The predicted molar refractivity (Wildman–Crippen MR) is 79.3 cm³/mol. The van der Waals surface area contributed by atoms with Crippen molar-refractivity contribution in [3.8, 4) is 0 Å². The zero-order chi connectivity index (χ0) is 13.0. The van der Waals surface area contributed by atoms with Gasteiger partial charge in [-0.25, -0.2) is 8.78 Å². The van der Waals surface area contributed by atoms with Crippen LogP contribution in [-0.2, 0) is 6.54 Å². The molecule has 0 aliphatic carbocycles. The first-order valence-electron chi connectivity index (χ1n) is 5.71. The molecule has 0 saturated carbocycles. The normalized spacial score (nSPS) is 20.1. The molecule has 0 aromatic heterocycles. The molecule has 6 heteroatoms. The quantitative estimate of drug-likeness (QED) is 0.829. The number of thioether (sulfide) groups is 2. The van der Waals surface area contributed by atoms with E-state index in [0.29, 0.717) is 9.72 Å². The molecule has 2 rings (SSSR count). The van der Waals surface area contributed by atoms with Crippen molar-refractivity contribution in [2.24, 2.45) is 0 Å². The minimum absolute atomic E-state index is 0.109. The fourth-order valence-corrected chi connectivity index (χ4v) is 4.76. The fourth-order valence-electron chi connectivity index (χ4n) is 1.74. The van der Waals surface area contributed by atoms with E-state index in [9.17, 15) is 8.78 Å². The Balaban J connectivity index is 1.88. The summed E-state index contributed by atoms with van der Waals surface area (Å²) in [4.78, 5) is 0. The largest absolute Gasteiger partial charge is 0.311 e. The van der Waals surface area contributed by atoms with Crippen LogP contribution in [0.5, 0.6) is 0 Å². The van der Waals surface area contributed by atoms with E-state index in [-0.39, 0.29) is 12.1 Å². The Morgan fingerprint density at radius 3 is 2.89 bits per heavy atom. The summed E-state index contributed by atoms with van der Waals surface area (Å²) in [6, 6.07) is 2.68. The van der Waals surface area contributed by atoms with Crippen molar-refractivity contribution in [2.45, 2.75) is 11.8 Å². The molecule has 0 bridgehead atoms. The maximum Gasteiger partial charge on any atom is 0.144 e. The van der Waals surface area contributed by atoms with Gasteiger partial charge >= 0.3 is 0 Å². The van der Waals surface area contributed by atoms with Gasteiger partial charge in [-0.15, -0.1) is 0 Å². The minimum atomic E-state index is -0.506. The molecule has 1 saturated heterocycles.